The zero-order chi connectivity index (χ0) is 21.3. The molecule has 1 aromatic carbocycles. The van der Waals surface area contributed by atoms with E-state index >= 15 is 0 Å². The average molecular weight is 447 g/mol. The van der Waals surface area contributed by atoms with Gasteiger partial charge in [-0.25, -0.2) is 9.07 Å². The number of anilines is 1. The number of hydrogen-bond donors (Lipinski definition) is 3. The normalized spacial score (nSPS) is 13.1. The Labute approximate surface area is 179 Å². The molecule has 11 heteroatoms. The lowest BCUT2D eigenvalue weighted by atomic mass is 9.95. The molecule has 2 aromatic heterocycles. The standard InChI is InChI=1S/C19H19FN6O2S2/c20-11-7-5-10(6-8-11)17-24-25-19(26(17)22)29-9-14(27)23-18-15(16(21)28)12-3-1-2-4-13(12)30-18/h5-8H,1-4,9,22H2,(H2,21,28)(H,23,27). The fourth-order valence-corrected chi connectivity index (χ4v) is 5.35. The fraction of sp³-hybridized carbons (Fsp3) is 0.263. The summed E-state index contributed by atoms with van der Waals surface area (Å²) < 4.78 is 14.4. The molecule has 0 bridgehead atoms. The molecular weight excluding hydrogens is 427 g/mol. The molecule has 0 saturated carbocycles. The van der Waals surface area contributed by atoms with Gasteiger partial charge in [-0.3, -0.25) is 9.59 Å². The van der Waals surface area contributed by atoms with Crippen LogP contribution >= 0.6 is 23.1 Å². The zero-order valence-corrected chi connectivity index (χ0v) is 17.5. The number of benzene rings is 1. The molecule has 0 saturated heterocycles. The third-order valence-electron chi connectivity index (χ3n) is 4.77. The number of rotatable bonds is 6. The van der Waals surface area contributed by atoms with E-state index in [1.54, 1.807) is 12.1 Å². The van der Waals surface area contributed by atoms with E-state index in [4.69, 9.17) is 11.6 Å². The number of nitrogen functional groups attached to an aromatic ring is 1. The van der Waals surface area contributed by atoms with E-state index in [0.717, 1.165) is 47.9 Å². The first-order valence-electron chi connectivity index (χ1n) is 9.27. The van der Waals surface area contributed by atoms with E-state index < -0.39 is 5.91 Å². The zero-order valence-electron chi connectivity index (χ0n) is 15.9. The molecular formula is C19H19FN6O2S2. The van der Waals surface area contributed by atoms with Gasteiger partial charge in [0.15, 0.2) is 5.82 Å². The highest BCUT2D eigenvalue weighted by Gasteiger charge is 2.25. The molecule has 0 fully saturated rings. The Kier molecular flexibility index (Phi) is 5.73. The number of amides is 2. The van der Waals surface area contributed by atoms with Crippen LogP contribution < -0.4 is 16.9 Å². The van der Waals surface area contributed by atoms with E-state index in [2.05, 4.69) is 15.5 Å². The first kappa shape index (κ1) is 20.4. The van der Waals surface area contributed by atoms with E-state index in [9.17, 15) is 14.0 Å². The number of primary amides is 1. The first-order valence-corrected chi connectivity index (χ1v) is 11.1. The van der Waals surface area contributed by atoms with Crippen LogP contribution in [-0.4, -0.2) is 32.4 Å². The van der Waals surface area contributed by atoms with Gasteiger partial charge >= 0.3 is 0 Å². The summed E-state index contributed by atoms with van der Waals surface area (Å²) in [6.45, 7) is 0. The van der Waals surface area contributed by atoms with Gasteiger partial charge in [0.2, 0.25) is 11.1 Å². The van der Waals surface area contributed by atoms with Crippen LogP contribution in [0.4, 0.5) is 9.39 Å². The molecule has 30 heavy (non-hydrogen) atoms. The van der Waals surface area contributed by atoms with Gasteiger partial charge < -0.3 is 16.9 Å². The van der Waals surface area contributed by atoms with Gasteiger partial charge in [0, 0.05) is 10.4 Å². The Bertz CT molecular complexity index is 1110. The van der Waals surface area contributed by atoms with Gasteiger partial charge in [0.25, 0.3) is 5.91 Å². The molecule has 0 aliphatic heterocycles. The van der Waals surface area contributed by atoms with Gasteiger partial charge in [-0.1, -0.05) is 11.8 Å². The highest BCUT2D eigenvalue weighted by atomic mass is 32.2. The molecule has 0 spiro atoms. The van der Waals surface area contributed by atoms with Crippen molar-refractivity contribution in [3.63, 3.8) is 0 Å². The van der Waals surface area contributed by atoms with Crippen LogP contribution in [0.1, 0.15) is 33.6 Å². The lowest BCUT2D eigenvalue weighted by Gasteiger charge is -2.11. The fourth-order valence-electron chi connectivity index (χ4n) is 3.38. The number of hydrogen-bond acceptors (Lipinski definition) is 7. The van der Waals surface area contributed by atoms with Crippen LogP contribution in [0.2, 0.25) is 0 Å². The molecule has 0 radical (unpaired) electrons. The van der Waals surface area contributed by atoms with Gasteiger partial charge in [-0.2, -0.15) is 0 Å². The van der Waals surface area contributed by atoms with Gasteiger partial charge in [-0.15, -0.1) is 21.5 Å². The Balaban J connectivity index is 1.44. The van der Waals surface area contributed by atoms with Crippen LogP contribution in [0.15, 0.2) is 29.4 Å². The summed E-state index contributed by atoms with van der Waals surface area (Å²) in [5.74, 6) is 5.23. The van der Waals surface area contributed by atoms with Crippen LogP contribution in [0.5, 0.6) is 0 Å². The molecule has 1 aliphatic carbocycles. The molecule has 4 rings (SSSR count). The lowest BCUT2D eigenvalue weighted by Crippen LogP contribution is -2.20. The number of fused-ring (bicyclic) bond motifs is 1. The summed E-state index contributed by atoms with van der Waals surface area (Å²) in [6, 6.07) is 5.71. The second-order valence-electron chi connectivity index (χ2n) is 6.80. The molecule has 3 aromatic rings. The summed E-state index contributed by atoms with van der Waals surface area (Å²) in [6.07, 6.45) is 3.78. The van der Waals surface area contributed by atoms with Crippen molar-refractivity contribution in [2.45, 2.75) is 30.8 Å². The molecule has 8 nitrogen and oxygen atoms in total. The summed E-state index contributed by atoms with van der Waals surface area (Å²) in [4.78, 5) is 25.5. The number of thiophene rings is 1. The largest absolute Gasteiger partial charge is 0.365 e. The smallest absolute Gasteiger partial charge is 0.251 e. The van der Waals surface area contributed by atoms with Crippen molar-refractivity contribution in [2.24, 2.45) is 5.73 Å². The number of carbonyl (C=O) groups excluding carboxylic acids is 2. The summed E-state index contributed by atoms with van der Waals surface area (Å²) >= 11 is 2.52. The number of aryl methyl sites for hydroxylation is 1. The Hall–Kier alpha value is -2.92. The summed E-state index contributed by atoms with van der Waals surface area (Å²) in [5, 5.41) is 11.7. The number of aromatic nitrogens is 3. The van der Waals surface area contributed by atoms with Crippen molar-refractivity contribution in [1.29, 1.82) is 0 Å². The number of nitrogens with one attached hydrogen (secondary N) is 1. The number of halogens is 1. The first-order chi connectivity index (χ1) is 14.4. The maximum absolute atomic E-state index is 13.1. The molecule has 156 valence electrons. The quantitative estimate of drug-likeness (QED) is 0.394. The molecule has 0 unspecified atom stereocenters. The third-order valence-corrected chi connectivity index (χ3v) is 6.92. The predicted molar refractivity (Wildman–Crippen MR) is 114 cm³/mol. The number of nitrogens with zero attached hydrogens (tertiary/aromatic N) is 3. The van der Waals surface area contributed by atoms with Crippen molar-refractivity contribution >= 4 is 39.9 Å². The van der Waals surface area contributed by atoms with Crippen LogP contribution in [0.25, 0.3) is 11.4 Å². The second kappa shape index (κ2) is 8.44. The maximum Gasteiger partial charge on any atom is 0.251 e. The third kappa shape index (κ3) is 4.03. The topological polar surface area (TPSA) is 129 Å². The monoisotopic (exact) mass is 446 g/mol. The summed E-state index contributed by atoms with van der Waals surface area (Å²) in [5.41, 5.74) is 7.56. The number of nitrogens with two attached hydrogens (primary N) is 2. The summed E-state index contributed by atoms with van der Waals surface area (Å²) in [7, 11) is 0. The molecule has 2 amide bonds. The highest BCUT2D eigenvalue weighted by Crippen LogP contribution is 2.38. The van der Waals surface area contributed by atoms with E-state index in [-0.39, 0.29) is 17.5 Å². The minimum atomic E-state index is -0.525. The number of carbonyl (C=O) groups is 2. The van der Waals surface area contributed by atoms with Crippen LogP contribution in [-0.2, 0) is 17.6 Å². The number of thioether (sulfide) groups is 1. The van der Waals surface area contributed by atoms with Crippen molar-refractivity contribution in [1.82, 2.24) is 14.9 Å². The van der Waals surface area contributed by atoms with Crippen molar-refractivity contribution < 1.29 is 14.0 Å². The Morgan fingerprint density at radius 2 is 1.93 bits per heavy atom. The maximum atomic E-state index is 13.1. The molecule has 2 heterocycles. The second-order valence-corrected chi connectivity index (χ2v) is 8.85. The molecule has 0 atom stereocenters. The van der Waals surface area contributed by atoms with Crippen molar-refractivity contribution in [3.8, 4) is 11.4 Å². The Morgan fingerprint density at radius 3 is 2.67 bits per heavy atom. The van der Waals surface area contributed by atoms with Crippen LogP contribution in [0, 0.1) is 5.82 Å². The minimum absolute atomic E-state index is 0.0273. The minimum Gasteiger partial charge on any atom is -0.365 e. The van der Waals surface area contributed by atoms with Gasteiger partial charge in [-0.05, 0) is 55.5 Å². The van der Waals surface area contributed by atoms with E-state index in [1.165, 1.54) is 28.1 Å². The van der Waals surface area contributed by atoms with E-state index in [0.29, 0.717) is 27.1 Å². The molecule has 5 N–H and O–H groups in total. The predicted octanol–water partition coefficient (Wildman–Crippen LogP) is 2.57. The van der Waals surface area contributed by atoms with Crippen molar-refractivity contribution in [3.05, 3.63) is 46.1 Å². The SMILES string of the molecule is NC(=O)c1c(NC(=O)CSc2nnc(-c3ccc(F)cc3)n2N)sc2c1CCCC2. The van der Waals surface area contributed by atoms with Gasteiger partial charge in [0.1, 0.15) is 10.8 Å². The van der Waals surface area contributed by atoms with Gasteiger partial charge in [0.05, 0.1) is 11.3 Å². The van der Waals surface area contributed by atoms with Crippen LogP contribution in [0.3, 0.4) is 0 Å². The highest BCUT2D eigenvalue weighted by molar-refractivity contribution is 7.99. The molecule has 1 aliphatic rings. The average Bonchev–Trinajstić information content (AvgIpc) is 3.27. The van der Waals surface area contributed by atoms with E-state index in [1.807, 2.05) is 0 Å². The van der Waals surface area contributed by atoms with Crippen molar-refractivity contribution in [2.75, 3.05) is 16.9 Å². The Morgan fingerprint density at radius 1 is 1.20 bits per heavy atom. The lowest BCUT2D eigenvalue weighted by molar-refractivity contribution is -0.113.